The topological polar surface area (TPSA) is 39.7 Å². The van der Waals surface area contributed by atoms with Gasteiger partial charge in [-0.15, -0.1) is 0 Å². The summed E-state index contributed by atoms with van der Waals surface area (Å²) in [6, 6.07) is 17.0. The number of guanidine groups is 1. The number of hydrogen-bond acceptors (Lipinski definition) is 2. The van der Waals surface area contributed by atoms with Crippen molar-refractivity contribution >= 4 is 5.96 Å². The van der Waals surface area contributed by atoms with Crippen molar-refractivity contribution < 1.29 is 4.39 Å². The molecule has 0 saturated carbocycles. The van der Waals surface area contributed by atoms with Crippen LogP contribution >= 0.6 is 0 Å². The van der Waals surface area contributed by atoms with E-state index in [-0.39, 0.29) is 5.82 Å². The van der Waals surface area contributed by atoms with E-state index in [1.807, 2.05) is 18.2 Å². The van der Waals surface area contributed by atoms with Crippen molar-refractivity contribution in [1.29, 1.82) is 0 Å². The van der Waals surface area contributed by atoms with Crippen LogP contribution in [0.1, 0.15) is 11.1 Å². The second kappa shape index (κ2) is 10.5. The maximum atomic E-state index is 12.9. The van der Waals surface area contributed by atoms with Crippen LogP contribution in [0.15, 0.2) is 59.6 Å². The first-order valence-electron chi connectivity index (χ1n) is 8.59. The van der Waals surface area contributed by atoms with Gasteiger partial charge in [0.05, 0.1) is 0 Å². The van der Waals surface area contributed by atoms with Crippen molar-refractivity contribution in [2.24, 2.45) is 4.99 Å². The van der Waals surface area contributed by atoms with Gasteiger partial charge in [0, 0.05) is 33.2 Å². The summed E-state index contributed by atoms with van der Waals surface area (Å²) < 4.78 is 12.9. The minimum atomic E-state index is -0.200. The van der Waals surface area contributed by atoms with E-state index in [9.17, 15) is 4.39 Å². The molecule has 2 N–H and O–H groups in total. The van der Waals surface area contributed by atoms with Gasteiger partial charge in [-0.1, -0.05) is 42.5 Å². The lowest BCUT2D eigenvalue weighted by Crippen LogP contribution is -2.41. The van der Waals surface area contributed by atoms with E-state index in [0.717, 1.165) is 44.1 Å². The monoisotopic (exact) mass is 342 g/mol. The SMILES string of the molecule is CN=C(NCCc1ccc(F)cc1)NCCN(C)Cc1ccccc1. The first-order chi connectivity index (χ1) is 12.2. The first-order valence-corrected chi connectivity index (χ1v) is 8.59. The van der Waals surface area contributed by atoms with Crippen LogP contribution in [0.2, 0.25) is 0 Å². The molecule has 0 saturated heterocycles. The molecule has 0 fully saturated rings. The predicted octanol–water partition coefficient (Wildman–Crippen LogP) is 2.67. The van der Waals surface area contributed by atoms with Crippen LogP contribution in [0, 0.1) is 5.82 Å². The smallest absolute Gasteiger partial charge is 0.191 e. The zero-order valence-corrected chi connectivity index (χ0v) is 15.0. The van der Waals surface area contributed by atoms with E-state index in [1.54, 1.807) is 7.05 Å². The van der Waals surface area contributed by atoms with Crippen molar-refractivity contribution in [2.75, 3.05) is 33.7 Å². The average molecular weight is 342 g/mol. The molecular weight excluding hydrogens is 315 g/mol. The van der Waals surface area contributed by atoms with E-state index in [1.165, 1.54) is 17.7 Å². The Kier molecular flexibility index (Phi) is 7.92. The molecule has 25 heavy (non-hydrogen) atoms. The molecule has 2 aromatic rings. The van der Waals surface area contributed by atoms with E-state index in [4.69, 9.17) is 0 Å². The molecule has 0 amide bonds. The van der Waals surface area contributed by atoms with Crippen LogP contribution in [0.25, 0.3) is 0 Å². The second-order valence-electron chi connectivity index (χ2n) is 6.03. The average Bonchev–Trinajstić information content (AvgIpc) is 2.63. The molecule has 2 rings (SSSR count). The molecule has 0 radical (unpaired) electrons. The molecule has 0 heterocycles. The summed E-state index contributed by atoms with van der Waals surface area (Å²) >= 11 is 0. The Morgan fingerprint density at radius 1 is 0.960 bits per heavy atom. The fourth-order valence-corrected chi connectivity index (χ4v) is 2.54. The largest absolute Gasteiger partial charge is 0.356 e. The van der Waals surface area contributed by atoms with Crippen molar-refractivity contribution in [1.82, 2.24) is 15.5 Å². The maximum Gasteiger partial charge on any atom is 0.191 e. The molecule has 134 valence electrons. The van der Waals surface area contributed by atoms with Crippen LogP contribution in [0.5, 0.6) is 0 Å². The van der Waals surface area contributed by atoms with Gasteiger partial charge in [0.25, 0.3) is 0 Å². The number of benzene rings is 2. The van der Waals surface area contributed by atoms with Crippen LogP contribution in [0.3, 0.4) is 0 Å². The Labute approximate surface area is 149 Å². The number of halogens is 1. The van der Waals surface area contributed by atoms with Crippen LogP contribution in [0.4, 0.5) is 4.39 Å². The number of nitrogens with zero attached hydrogens (tertiary/aromatic N) is 2. The van der Waals surface area contributed by atoms with Gasteiger partial charge in [-0.2, -0.15) is 0 Å². The van der Waals surface area contributed by atoms with Crippen LogP contribution < -0.4 is 10.6 Å². The molecule has 0 aromatic heterocycles. The molecular formula is C20H27FN4. The second-order valence-corrected chi connectivity index (χ2v) is 6.03. The summed E-state index contributed by atoms with van der Waals surface area (Å²) in [5, 5.41) is 6.60. The van der Waals surface area contributed by atoms with Gasteiger partial charge in [-0.3, -0.25) is 4.99 Å². The highest BCUT2D eigenvalue weighted by atomic mass is 19.1. The molecule has 0 aliphatic rings. The quantitative estimate of drug-likeness (QED) is 0.572. The standard InChI is InChI=1S/C20H27FN4/c1-22-20(23-13-12-17-8-10-19(21)11-9-17)24-14-15-25(2)16-18-6-4-3-5-7-18/h3-11H,12-16H2,1-2H3,(H2,22,23,24). The molecule has 0 spiro atoms. The Morgan fingerprint density at radius 2 is 1.64 bits per heavy atom. The van der Waals surface area contributed by atoms with Crippen LogP contribution in [-0.2, 0) is 13.0 Å². The summed E-state index contributed by atoms with van der Waals surface area (Å²) in [7, 11) is 3.88. The van der Waals surface area contributed by atoms with E-state index < -0.39 is 0 Å². The Bertz CT molecular complexity index is 641. The molecule has 0 bridgehead atoms. The lowest BCUT2D eigenvalue weighted by atomic mass is 10.1. The van der Waals surface area contributed by atoms with Gasteiger partial charge < -0.3 is 15.5 Å². The van der Waals surface area contributed by atoms with Gasteiger partial charge in [0.2, 0.25) is 0 Å². The number of hydrogen-bond donors (Lipinski definition) is 2. The van der Waals surface area contributed by atoms with Crippen molar-refractivity contribution in [2.45, 2.75) is 13.0 Å². The Hall–Kier alpha value is -2.40. The zero-order chi connectivity index (χ0) is 17.9. The minimum absolute atomic E-state index is 0.200. The highest BCUT2D eigenvalue weighted by molar-refractivity contribution is 5.79. The lowest BCUT2D eigenvalue weighted by molar-refractivity contribution is 0.331. The zero-order valence-electron chi connectivity index (χ0n) is 15.0. The van der Waals surface area contributed by atoms with Gasteiger partial charge >= 0.3 is 0 Å². The van der Waals surface area contributed by atoms with Gasteiger partial charge in [-0.05, 0) is 36.7 Å². The Balaban J connectivity index is 1.63. The van der Waals surface area contributed by atoms with Crippen LogP contribution in [-0.4, -0.2) is 44.6 Å². The highest BCUT2D eigenvalue weighted by Gasteiger charge is 2.02. The third-order valence-electron chi connectivity index (χ3n) is 3.92. The van der Waals surface area contributed by atoms with Gasteiger partial charge in [-0.25, -0.2) is 4.39 Å². The highest BCUT2D eigenvalue weighted by Crippen LogP contribution is 2.03. The number of likely N-dealkylation sites (N-methyl/N-ethyl adjacent to an activating group) is 1. The molecule has 0 unspecified atom stereocenters. The Morgan fingerprint density at radius 3 is 2.32 bits per heavy atom. The molecule has 2 aromatic carbocycles. The number of rotatable bonds is 8. The van der Waals surface area contributed by atoms with E-state index in [0.29, 0.717) is 0 Å². The molecule has 0 aliphatic heterocycles. The summed E-state index contributed by atoms with van der Waals surface area (Å²) in [4.78, 5) is 6.50. The number of nitrogens with one attached hydrogen (secondary N) is 2. The maximum absolute atomic E-state index is 12.9. The third-order valence-corrected chi connectivity index (χ3v) is 3.92. The normalized spacial score (nSPS) is 11.6. The van der Waals surface area contributed by atoms with E-state index >= 15 is 0 Å². The van der Waals surface area contributed by atoms with E-state index in [2.05, 4.69) is 51.8 Å². The van der Waals surface area contributed by atoms with Gasteiger partial charge in [0.15, 0.2) is 5.96 Å². The predicted molar refractivity (Wildman–Crippen MR) is 102 cm³/mol. The number of aliphatic imine (C=N–C) groups is 1. The molecule has 0 atom stereocenters. The summed E-state index contributed by atoms with van der Waals surface area (Å²) in [5.74, 6) is 0.587. The van der Waals surface area contributed by atoms with Gasteiger partial charge in [0.1, 0.15) is 5.82 Å². The minimum Gasteiger partial charge on any atom is -0.356 e. The van der Waals surface area contributed by atoms with Crippen molar-refractivity contribution in [3.8, 4) is 0 Å². The van der Waals surface area contributed by atoms with Crippen molar-refractivity contribution in [3.63, 3.8) is 0 Å². The lowest BCUT2D eigenvalue weighted by Gasteiger charge is -2.18. The summed E-state index contributed by atoms with van der Waals surface area (Å²) in [6.07, 6.45) is 0.828. The molecule has 5 heteroatoms. The summed E-state index contributed by atoms with van der Waals surface area (Å²) in [6.45, 7) is 3.43. The first kappa shape index (κ1) is 18.9. The molecule has 0 aliphatic carbocycles. The third kappa shape index (κ3) is 7.35. The van der Waals surface area contributed by atoms with Crippen molar-refractivity contribution in [3.05, 3.63) is 71.5 Å². The summed E-state index contributed by atoms with van der Waals surface area (Å²) in [5.41, 5.74) is 2.42. The fourth-order valence-electron chi connectivity index (χ4n) is 2.54. The fraction of sp³-hybridized carbons (Fsp3) is 0.350. The molecule has 4 nitrogen and oxygen atoms in total.